The Morgan fingerprint density at radius 2 is 2.09 bits per heavy atom. The molecule has 0 atom stereocenters. The lowest BCUT2D eigenvalue weighted by molar-refractivity contribution is -0.129. The van der Waals surface area contributed by atoms with Gasteiger partial charge in [0.1, 0.15) is 6.54 Å². The van der Waals surface area contributed by atoms with Gasteiger partial charge in [0.15, 0.2) is 0 Å². The molecular weight excluding hydrogens is 346 g/mol. The number of likely N-dealkylation sites (N-methyl/N-ethyl adjacent to an activating group) is 1. The molecule has 0 aliphatic heterocycles. The van der Waals surface area contributed by atoms with Gasteiger partial charge in [-0.1, -0.05) is 15.9 Å². The van der Waals surface area contributed by atoms with E-state index in [1.807, 2.05) is 18.2 Å². The molecule has 0 aliphatic rings. The SMILES string of the molecule is CN(C)C(=O)Cn1cc(-c2cnc3ccc(Br)cc3n2)cn1. The minimum Gasteiger partial charge on any atom is -0.347 e. The fourth-order valence-corrected chi connectivity index (χ4v) is 2.34. The van der Waals surface area contributed by atoms with Crippen LogP contribution < -0.4 is 0 Å². The van der Waals surface area contributed by atoms with Crippen LogP contribution >= 0.6 is 15.9 Å². The molecule has 0 saturated carbocycles. The van der Waals surface area contributed by atoms with Crippen molar-refractivity contribution in [1.82, 2.24) is 24.6 Å². The predicted octanol–water partition coefficient (Wildman–Crippen LogP) is 2.34. The first-order valence-corrected chi connectivity index (χ1v) is 7.47. The van der Waals surface area contributed by atoms with Crippen LogP contribution in [0.25, 0.3) is 22.3 Å². The molecule has 1 amide bonds. The number of carbonyl (C=O) groups excluding carboxylic acids is 1. The summed E-state index contributed by atoms with van der Waals surface area (Å²) in [7, 11) is 3.44. The topological polar surface area (TPSA) is 63.9 Å². The second-order valence-corrected chi connectivity index (χ2v) is 6.02. The molecule has 0 spiro atoms. The van der Waals surface area contributed by atoms with Crippen molar-refractivity contribution in [3.63, 3.8) is 0 Å². The van der Waals surface area contributed by atoms with Gasteiger partial charge in [-0.3, -0.25) is 14.5 Å². The summed E-state index contributed by atoms with van der Waals surface area (Å²) in [4.78, 5) is 22.2. The summed E-state index contributed by atoms with van der Waals surface area (Å²) < 4.78 is 2.56. The largest absolute Gasteiger partial charge is 0.347 e. The van der Waals surface area contributed by atoms with Crippen LogP contribution in [0.4, 0.5) is 0 Å². The van der Waals surface area contributed by atoms with Gasteiger partial charge in [0.05, 0.1) is 29.1 Å². The van der Waals surface area contributed by atoms with Crippen molar-refractivity contribution in [3.8, 4) is 11.3 Å². The van der Waals surface area contributed by atoms with Crippen LogP contribution in [-0.4, -0.2) is 44.7 Å². The van der Waals surface area contributed by atoms with Crippen LogP contribution in [0.3, 0.4) is 0 Å². The highest BCUT2D eigenvalue weighted by molar-refractivity contribution is 9.10. The highest BCUT2D eigenvalue weighted by Gasteiger charge is 2.09. The smallest absolute Gasteiger partial charge is 0.243 e. The molecule has 0 fully saturated rings. The van der Waals surface area contributed by atoms with Gasteiger partial charge in [0.2, 0.25) is 5.91 Å². The molecule has 2 heterocycles. The third-order valence-corrected chi connectivity index (χ3v) is 3.72. The maximum Gasteiger partial charge on any atom is 0.243 e. The van der Waals surface area contributed by atoms with Gasteiger partial charge in [-0.15, -0.1) is 0 Å². The number of aromatic nitrogens is 4. The average Bonchev–Trinajstić information content (AvgIpc) is 2.94. The third-order valence-electron chi connectivity index (χ3n) is 3.23. The minimum absolute atomic E-state index is 0.0109. The lowest BCUT2D eigenvalue weighted by Gasteiger charge is -2.09. The van der Waals surface area contributed by atoms with Crippen molar-refractivity contribution in [1.29, 1.82) is 0 Å². The summed E-state index contributed by atoms with van der Waals surface area (Å²) in [5.41, 5.74) is 3.21. The molecule has 7 heteroatoms. The van der Waals surface area contributed by atoms with Crippen molar-refractivity contribution in [2.24, 2.45) is 0 Å². The van der Waals surface area contributed by atoms with Gasteiger partial charge in [-0.25, -0.2) is 4.98 Å². The number of fused-ring (bicyclic) bond motifs is 1. The van der Waals surface area contributed by atoms with Gasteiger partial charge in [0, 0.05) is 30.3 Å². The molecule has 0 bridgehead atoms. The Morgan fingerprint density at radius 1 is 1.27 bits per heavy atom. The Morgan fingerprint density at radius 3 is 2.86 bits per heavy atom. The Hall–Kier alpha value is -2.28. The fourth-order valence-electron chi connectivity index (χ4n) is 1.99. The van der Waals surface area contributed by atoms with Crippen LogP contribution in [0, 0.1) is 0 Å². The summed E-state index contributed by atoms with van der Waals surface area (Å²) in [6.45, 7) is 0.208. The van der Waals surface area contributed by atoms with Gasteiger partial charge in [-0.05, 0) is 18.2 Å². The highest BCUT2D eigenvalue weighted by Crippen LogP contribution is 2.21. The molecule has 0 saturated heterocycles. The maximum atomic E-state index is 11.7. The molecule has 0 N–H and O–H groups in total. The maximum absolute atomic E-state index is 11.7. The number of nitrogens with zero attached hydrogens (tertiary/aromatic N) is 5. The first-order valence-electron chi connectivity index (χ1n) is 6.68. The molecule has 112 valence electrons. The van der Waals surface area contributed by atoms with Crippen LogP contribution in [-0.2, 0) is 11.3 Å². The lowest BCUT2D eigenvalue weighted by Crippen LogP contribution is -2.26. The Balaban J connectivity index is 1.91. The number of amides is 1. The minimum atomic E-state index is -0.0109. The van der Waals surface area contributed by atoms with E-state index in [0.717, 1.165) is 26.8 Å². The van der Waals surface area contributed by atoms with Gasteiger partial charge in [0.25, 0.3) is 0 Å². The van der Waals surface area contributed by atoms with Crippen molar-refractivity contribution in [2.45, 2.75) is 6.54 Å². The van der Waals surface area contributed by atoms with Gasteiger partial charge < -0.3 is 4.90 Å². The van der Waals surface area contributed by atoms with Gasteiger partial charge in [-0.2, -0.15) is 5.10 Å². The van der Waals surface area contributed by atoms with Crippen LogP contribution in [0.1, 0.15) is 0 Å². The van der Waals surface area contributed by atoms with E-state index in [-0.39, 0.29) is 12.5 Å². The predicted molar refractivity (Wildman–Crippen MR) is 87.2 cm³/mol. The normalized spacial score (nSPS) is 10.9. The van der Waals surface area contributed by atoms with Crippen molar-refractivity contribution < 1.29 is 4.79 Å². The molecule has 3 aromatic rings. The molecule has 0 radical (unpaired) electrons. The van der Waals surface area contributed by atoms with E-state index >= 15 is 0 Å². The zero-order valence-corrected chi connectivity index (χ0v) is 13.8. The quantitative estimate of drug-likeness (QED) is 0.719. The van der Waals surface area contributed by atoms with E-state index in [0.29, 0.717) is 0 Å². The number of halogens is 1. The second-order valence-electron chi connectivity index (χ2n) is 5.10. The summed E-state index contributed by atoms with van der Waals surface area (Å²) in [5, 5.41) is 4.20. The standard InChI is InChI=1S/C15H14BrN5O/c1-20(2)15(22)9-21-8-10(6-18-21)14-7-17-12-4-3-11(16)5-13(12)19-14/h3-8H,9H2,1-2H3. The van der Waals surface area contributed by atoms with E-state index in [2.05, 4.69) is 31.0 Å². The summed E-state index contributed by atoms with van der Waals surface area (Å²) >= 11 is 3.43. The molecule has 3 rings (SSSR count). The number of hydrogen-bond donors (Lipinski definition) is 0. The molecule has 1 aromatic carbocycles. The third kappa shape index (κ3) is 2.99. The number of rotatable bonds is 3. The molecular formula is C15H14BrN5O. The zero-order chi connectivity index (χ0) is 15.7. The average molecular weight is 360 g/mol. The van der Waals surface area contributed by atoms with Crippen LogP contribution in [0.5, 0.6) is 0 Å². The summed E-state index contributed by atoms with van der Waals surface area (Å²) in [6, 6.07) is 5.77. The van der Waals surface area contributed by atoms with E-state index in [1.165, 1.54) is 4.90 Å². The van der Waals surface area contributed by atoms with Crippen LogP contribution in [0.2, 0.25) is 0 Å². The summed E-state index contributed by atoms with van der Waals surface area (Å²) in [6.07, 6.45) is 5.21. The zero-order valence-electron chi connectivity index (χ0n) is 12.2. The Kier molecular flexibility index (Phi) is 3.89. The van der Waals surface area contributed by atoms with E-state index in [1.54, 1.807) is 37.4 Å². The summed E-state index contributed by atoms with van der Waals surface area (Å²) in [5.74, 6) is -0.0109. The molecule has 0 unspecified atom stereocenters. The monoisotopic (exact) mass is 359 g/mol. The molecule has 2 aromatic heterocycles. The van der Waals surface area contributed by atoms with Crippen LogP contribution in [0.15, 0.2) is 41.3 Å². The second kappa shape index (κ2) is 5.84. The first kappa shape index (κ1) is 14.6. The van der Waals surface area contributed by atoms with Crippen molar-refractivity contribution >= 4 is 32.9 Å². The lowest BCUT2D eigenvalue weighted by atomic mass is 10.2. The molecule has 0 aliphatic carbocycles. The Bertz CT molecular complexity index is 843. The number of carbonyl (C=O) groups is 1. The van der Waals surface area contributed by atoms with Crippen molar-refractivity contribution in [3.05, 3.63) is 41.3 Å². The fraction of sp³-hybridized carbons (Fsp3) is 0.200. The highest BCUT2D eigenvalue weighted by atomic mass is 79.9. The van der Waals surface area contributed by atoms with Crippen molar-refractivity contribution in [2.75, 3.05) is 14.1 Å². The number of benzene rings is 1. The molecule has 22 heavy (non-hydrogen) atoms. The van der Waals surface area contributed by atoms with E-state index in [4.69, 9.17) is 0 Å². The Labute approximate surface area is 135 Å². The molecule has 6 nitrogen and oxygen atoms in total. The van der Waals surface area contributed by atoms with Gasteiger partial charge >= 0.3 is 0 Å². The number of hydrogen-bond acceptors (Lipinski definition) is 4. The van der Waals surface area contributed by atoms with E-state index < -0.39 is 0 Å². The first-order chi connectivity index (χ1) is 10.5. The van der Waals surface area contributed by atoms with E-state index in [9.17, 15) is 4.79 Å².